The average molecular weight is 509 g/mol. The van der Waals surface area contributed by atoms with Crippen molar-refractivity contribution in [3.8, 4) is 0 Å². The second-order valence-electron chi connectivity index (χ2n) is 8.47. The number of aromatic nitrogens is 2. The fourth-order valence-electron chi connectivity index (χ4n) is 4.39. The van der Waals surface area contributed by atoms with Gasteiger partial charge in [0.25, 0.3) is 5.96 Å². The monoisotopic (exact) mass is 508 g/mol. The molecule has 1 aromatic carbocycles. The van der Waals surface area contributed by atoms with Gasteiger partial charge in [0.1, 0.15) is 24.7 Å². The highest BCUT2D eigenvalue weighted by Gasteiger charge is 2.36. The molecule has 0 atom stereocenters. The van der Waals surface area contributed by atoms with Crippen LogP contribution in [0.25, 0.3) is 0 Å². The molecule has 4 rings (SSSR count). The Balaban J connectivity index is 1.40. The van der Waals surface area contributed by atoms with Crippen LogP contribution in [0.4, 0.5) is 11.6 Å². The summed E-state index contributed by atoms with van der Waals surface area (Å²) < 4.78 is 1.62. The molecule has 0 bridgehead atoms. The highest BCUT2D eigenvalue weighted by Crippen LogP contribution is 2.21. The molecule has 3 N–H and O–H groups in total. The zero-order chi connectivity index (χ0) is 23.1. The topological polar surface area (TPSA) is 82.1 Å². The predicted molar refractivity (Wildman–Crippen MR) is 137 cm³/mol. The molecule has 3 aromatic rings. The summed E-state index contributed by atoms with van der Waals surface area (Å²) in [4.78, 5) is 13.7. The van der Waals surface area contributed by atoms with Gasteiger partial charge in [-0.25, -0.2) is 15.4 Å². The Morgan fingerprint density at radius 2 is 1.70 bits per heavy atom. The lowest BCUT2D eigenvalue weighted by Gasteiger charge is -2.43. The number of anilines is 2. The van der Waals surface area contributed by atoms with E-state index < -0.39 is 0 Å². The zero-order valence-electron chi connectivity index (χ0n) is 18.8. The van der Waals surface area contributed by atoms with E-state index in [4.69, 9.17) is 11.1 Å². The van der Waals surface area contributed by atoms with Crippen molar-refractivity contribution in [2.45, 2.75) is 13.0 Å². The Hall–Kier alpha value is -2.97. The lowest BCUT2D eigenvalue weighted by atomic mass is 10.2. The van der Waals surface area contributed by atoms with Crippen LogP contribution in [0, 0.1) is 5.41 Å². The fraction of sp³-hybridized carbons (Fsp3) is 0.320. The quantitative estimate of drug-likeness (QED) is 0.274. The molecule has 1 aliphatic heterocycles. The van der Waals surface area contributed by atoms with Gasteiger partial charge in [-0.05, 0) is 42.0 Å². The zero-order valence-corrected chi connectivity index (χ0v) is 20.4. The fourth-order valence-corrected chi connectivity index (χ4v) is 4.66. The van der Waals surface area contributed by atoms with E-state index >= 15 is 0 Å². The maximum atomic E-state index is 8.34. The molecule has 172 valence electrons. The van der Waals surface area contributed by atoms with Crippen molar-refractivity contribution in [2.75, 3.05) is 49.1 Å². The first kappa shape index (κ1) is 23.2. The molecular weight excluding hydrogens is 478 g/mol. The van der Waals surface area contributed by atoms with Crippen molar-refractivity contribution in [2.24, 2.45) is 5.73 Å². The number of benzene rings is 1. The first-order valence-corrected chi connectivity index (χ1v) is 12.1. The van der Waals surface area contributed by atoms with E-state index in [1.807, 2.05) is 42.7 Å². The Morgan fingerprint density at radius 3 is 2.30 bits per heavy atom. The van der Waals surface area contributed by atoms with Crippen molar-refractivity contribution < 1.29 is 4.48 Å². The van der Waals surface area contributed by atoms with Crippen molar-refractivity contribution >= 4 is 33.5 Å². The van der Waals surface area contributed by atoms with Gasteiger partial charge in [0.05, 0.1) is 19.6 Å². The number of quaternary nitrogens is 1. The van der Waals surface area contributed by atoms with Crippen LogP contribution in [0.1, 0.15) is 12.0 Å². The summed E-state index contributed by atoms with van der Waals surface area (Å²) >= 11 is 3.51. The molecule has 2 aromatic heterocycles. The van der Waals surface area contributed by atoms with Crippen LogP contribution in [-0.2, 0) is 6.54 Å². The standard InChI is InChI=1S/C25H31BrN7/c26-22-10-8-21(9-11-22)20-32(24-7-2-4-13-30-24)14-5-17-33(25(27)28)18-15-31(16-19-33)23-6-1-3-12-29-23/h1-4,6-13H,5,14-20H2,(H3,27,28)/q+1. The number of nitrogens with one attached hydrogen (secondary N) is 1. The minimum atomic E-state index is 0.257. The molecule has 0 radical (unpaired) electrons. The molecular formula is C25H31BrN7+. The third-order valence-electron chi connectivity index (χ3n) is 6.35. The van der Waals surface area contributed by atoms with Gasteiger partial charge in [0, 0.05) is 36.4 Å². The van der Waals surface area contributed by atoms with Crippen molar-refractivity contribution in [1.29, 1.82) is 5.41 Å². The van der Waals surface area contributed by atoms with Gasteiger partial charge in [-0.15, -0.1) is 0 Å². The van der Waals surface area contributed by atoms with Crippen LogP contribution in [0.5, 0.6) is 0 Å². The van der Waals surface area contributed by atoms with E-state index in [9.17, 15) is 0 Å². The molecule has 0 amide bonds. The highest BCUT2D eigenvalue weighted by molar-refractivity contribution is 9.10. The van der Waals surface area contributed by atoms with Gasteiger partial charge in [0.15, 0.2) is 0 Å². The van der Waals surface area contributed by atoms with Crippen LogP contribution in [0.15, 0.2) is 77.5 Å². The lowest BCUT2D eigenvalue weighted by molar-refractivity contribution is -0.844. The van der Waals surface area contributed by atoms with E-state index in [0.29, 0.717) is 4.48 Å². The summed E-state index contributed by atoms with van der Waals surface area (Å²) in [5, 5.41) is 8.34. The Bertz CT molecular complexity index is 1020. The molecule has 0 aliphatic carbocycles. The largest absolute Gasteiger partial charge is 0.352 e. The summed E-state index contributed by atoms with van der Waals surface area (Å²) in [7, 11) is 0. The number of hydrogen-bond donors (Lipinski definition) is 2. The van der Waals surface area contributed by atoms with Gasteiger partial charge in [-0.2, -0.15) is 0 Å². The van der Waals surface area contributed by atoms with E-state index in [1.54, 1.807) is 0 Å². The number of hydrogen-bond acceptors (Lipinski definition) is 5. The molecule has 1 aliphatic rings. The molecule has 1 saturated heterocycles. The van der Waals surface area contributed by atoms with Crippen molar-refractivity contribution in [3.63, 3.8) is 0 Å². The summed E-state index contributed by atoms with van der Waals surface area (Å²) in [6, 6.07) is 20.4. The molecule has 7 nitrogen and oxygen atoms in total. The van der Waals surface area contributed by atoms with Crippen molar-refractivity contribution in [3.05, 3.63) is 83.1 Å². The molecule has 33 heavy (non-hydrogen) atoms. The number of nitrogens with two attached hydrogens (primary N) is 1. The summed E-state index contributed by atoms with van der Waals surface area (Å²) in [6.45, 7) is 5.82. The highest BCUT2D eigenvalue weighted by atomic mass is 79.9. The first-order valence-electron chi connectivity index (χ1n) is 11.3. The lowest BCUT2D eigenvalue weighted by Crippen LogP contribution is -2.65. The van der Waals surface area contributed by atoms with E-state index in [-0.39, 0.29) is 5.96 Å². The van der Waals surface area contributed by atoms with Crippen LogP contribution in [-0.4, -0.2) is 59.7 Å². The molecule has 3 heterocycles. The molecule has 0 saturated carbocycles. The Kier molecular flexibility index (Phi) is 7.57. The minimum Gasteiger partial charge on any atom is -0.352 e. The average Bonchev–Trinajstić information content (AvgIpc) is 2.86. The van der Waals surface area contributed by atoms with Gasteiger partial charge in [0.2, 0.25) is 0 Å². The second-order valence-corrected chi connectivity index (χ2v) is 9.38. The number of rotatable bonds is 8. The maximum absolute atomic E-state index is 8.34. The van der Waals surface area contributed by atoms with Gasteiger partial charge in [-0.1, -0.05) is 40.2 Å². The number of nitrogens with zero attached hydrogens (tertiary/aromatic N) is 5. The minimum absolute atomic E-state index is 0.257. The molecule has 1 fully saturated rings. The number of pyridine rings is 2. The van der Waals surface area contributed by atoms with Gasteiger partial charge in [-0.3, -0.25) is 4.48 Å². The van der Waals surface area contributed by atoms with E-state index in [1.165, 1.54) is 5.56 Å². The SMILES string of the molecule is N=C(N)[N+]1(CCCN(Cc2ccc(Br)cc2)c2ccccn2)CCN(c2ccccn2)CC1. The predicted octanol–water partition coefficient (Wildman–Crippen LogP) is 3.87. The third kappa shape index (κ3) is 5.89. The Labute approximate surface area is 204 Å². The smallest absolute Gasteiger partial charge is 0.292 e. The number of guanidine groups is 1. The normalized spacial score (nSPS) is 15.2. The summed E-state index contributed by atoms with van der Waals surface area (Å²) in [5.74, 6) is 2.22. The Morgan fingerprint density at radius 1 is 1.00 bits per heavy atom. The molecule has 8 heteroatoms. The second kappa shape index (κ2) is 10.8. The van der Waals surface area contributed by atoms with Crippen LogP contribution in [0.2, 0.25) is 0 Å². The molecule has 0 spiro atoms. The third-order valence-corrected chi connectivity index (χ3v) is 6.88. The maximum Gasteiger partial charge on any atom is 0.292 e. The van der Waals surface area contributed by atoms with Gasteiger partial charge >= 0.3 is 0 Å². The van der Waals surface area contributed by atoms with Crippen molar-refractivity contribution in [1.82, 2.24) is 9.97 Å². The first-order chi connectivity index (χ1) is 16.1. The number of piperazine rings is 1. The van der Waals surface area contributed by atoms with Crippen LogP contribution in [0.3, 0.4) is 0 Å². The number of halogens is 1. The summed E-state index contributed by atoms with van der Waals surface area (Å²) in [6.07, 6.45) is 4.59. The van der Waals surface area contributed by atoms with E-state index in [2.05, 4.69) is 66.0 Å². The van der Waals surface area contributed by atoms with Gasteiger partial charge < -0.3 is 15.5 Å². The summed E-state index contributed by atoms with van der Waals surface area (Å²) in [5.41, 5.74) is 7.38. The molecule has 0 unspecified atom stereocenters. The van der Waals surface area contributed by atoms with E-state index in [0.717, 1.165) is 68.3 Å². The van der Waals surface area contributed by atoms with Crippen LogP contribution >= 0.6 is 15.9 Å². The van der Waals surface area contributed by atoms with Crippen LogP contribution < -0.4 is 15.5 Å².